The molecule has 0 unspecified atom stereocenters. The average molecular weight is 427 g/mol. The summed E-state index contributed by atoms with van der Waals surface area (Å²) in [5, 5.41) is 0. The Balaban J connectivity index is 0.00000196. The van der Waals surface area contributed by atoms with Crippen molar-refractivity contribution >= 4 is 30.6 Å². The van der Waals surface area contributed by atoms with Crippen molar-refractivity contribution in [1.82, 2.24) is 9.97 Å². The highest BCUT2D eigenvalue weighted by atomic mass is 35.5. The number of hydrogen-bond acceptors (Lipinski definition) is 5. The normalized spacial score (nSPS) is 14.6. The number of benzene rings is 1. The Kier molecular flexibility index (Phi) is 9.48. The molecule has 28 heavy (non-hydrogen) atoms. The van der Waals surface area contributed by atoms with Crippen LogP contribution in [0.3, 0.4) is 0 Å². The molecule has 156 valence electrons. The molecular formula is C21H32Cl2N4O. The molecule has 0 atom stereocenters. The van der Waals surface area contributed by atoms with Crippen molar-refractivity contribution in [3.63, 3.8) is 0 Å². The fourth-order valence-electron chi connectivity index (χ4n) is 3.30. The summed E-state index contributed by atoms with van der Waals surface area (Å²) in [6, 6.07) is 8.59. The molecule has 3 rings (SSSR count). The third-order valence-corrected chi connectivity index (χ3v) is 4.76. The van der Waals surface area contributed by atoms with E-state index in [9.17, 15) is 0 Å². The summed E-state index contributed by atoms with van der Waals surface area (Å²) < 4.78 is 6.05. The molecule has 0 amide bonds. The lowest BCUT2D eigenvalue weighted by atomic mass is 10.00. The van der Waals surface area contributed by atoms with E-state index in [4.69, 9.17) is 15.5 Å². The molecule has 2 heterocycles. The molecule has 0 saturated carbocycles. The van der Waals surface area contributed by atoms with E-state index in [2.05, 4.69) is 55.8 Å². The van der Waals surface area contributed by atoms with Crippen LogP contribution in [0.1, 0.15) is 52.0 Å². The van der Waals surface area contributed by atoms with Gasteiger partial charge in [-0.1, -0.05) is 26.0 Å². The molecule has 1 aliphatic heterocycles. The zero-order valence-corrected chi connectivity index (χ0v) is 18.7. The molecule has 0 bridgehead atoms. The van der Waals surface area contributed by atoms with Crippen molar-refractivity contribution in [2.24, 2.45) is 5.73 Å². The van der Waals surface area contributed by atoms with Crippen molar-refractivity contribution in [1.29, 1.82) is 0 Å². The van der Waals surface area contributed by atoms with Crippen molar-refractivity contribution < 1.29 is 4.74 Å². The van der Waals surface area contributed by atoms with Crippen molar-refractivity contribution in [3.8, 4) is 17.1 Å². The Bertz CT molecular complexity index is 747. The van der Waals surface area contributed by atoms with Crippen LogP contribution in [0.5, 0.6) is 5.75 Å². The maximum Gasteiger partial charge on any atom is 0.161 e. The first-order valence-corrected chi connectivity index (χ1v) is 9.58. The summed E-state index contributed by atoms with van der Waals surface area (Å²) >= 11 is 0. The summed E-state index contributed by atoms with van der Waals surface area (Å²) in [6.07, 6.45) is 3.99. The van der Waals surface area contributed by atoms with Gasteiger partial charge in [-0.05, 0) is 50.3 Å². The van der Waals surface area contributed by atoms with Gasteiger partial charge in [-0.3, -0.25) is 0 Å². The van der Waals surface area contributed by atoms with E-state index in [0.717, 1.165) is 48.9 Å². The summed E-state index contributed by atoms with van der Waals surface area (Å²) in [7, 11) is 0. The van der Waals surface area contributed by atoms with Gasteiger partial charge in [-0.2, -0.15) is 0 Å². The number of nitrogens with two attached hydrogens (primary N) is 1. The van der Waals surface area contributed by atoms with Crippen LogP contribution in [0.4, 0.5) is 5.82 Å². The van der Waals surface area contributed by atoms with Crippen LogP contribution in [-0.2, 0) is 0 Å². The highest BCUT2D eigenvalue weighted by Gasteiger charge is 2.18. The number of rotatable bonds is 5. The third-order valence-electron chi connectivity index (χ3n) is 4.76. The zero-order chi connectivity index (χ0) is 18.7. The first-order valence-electron chi connectivity index (χ1n) is 9.58. The smallest absolute Gasteiger partial charge is 0.161 e. The summed E-state index contributed by atoms with van der Waals surface area (Å²) in [4.78, 5) is 11.6. The first kappa shape index (κ1) is 24.5. The highest BCUT2D eigenvalue weighted by molar-refractivity contribution is 5.85. The fourth-order valence-corrected chi connectivity index (χ4v) is 3.30. The molecule has 7 heteroatoms. The molecular weight excluding hydrogens is 395 g/mol. The molecule has 1 aromatic heterocycles. The summed E-state index contributed by atoms with van der Waals surface area (Å²) in [5.41, 5.74) is 8.22. The third kappa shape index (κ3) is 5.97. The number of anilines is 1. The first-order chi connectivity index (χ1) is 12.4. The Hall–Kier alpha value is -1.56. The van der Waals surface area contributed by atoms with Gasteiger partial charge >= 0.3 is 0 Å². The SMILES string of the molecule is CC(C)Oc1cc(-c2nccc(N3CCC(N)CC3)n2)ccc1C(C)C.Cl.Cl. The standard InChI is InChI=1S/C21H30N4O.2ClH/c1-14(2)18-6-5-16(13-19(18)26-15(3)4)21-23-10-7-20(24-21)25-11-8-17(22)9-12-25;;/h5-7,10,13-15,17H,8-9,11-12,22H2,1-4H3;2*1H. The fraction of sp³-hybridized carbons (Fsp3) is 0.524. The lowest BCUT2D eigenvalue weighted by Gasteiger charge is -2.31. The lowest BCUT2D eigenvalue weighted by Crippen LogP contribution is -2.40. The van der Waals surface area contributed by atoms with Gasteiger partial charge in [0.2, 0.25) is 0 Å². The van der Waals surface area contributed by atoms with E-state index >= 15 is 0 Å². The minimum atomic E-state index is 0. The largest absolute Gasteiger partial charge is 0.491 e. The van der Waals surface area contributed by atoms with Crippen molar-refractivity contribution in [2.75, 3.05) is 18.0 Å². The molecule has 0 spiro atoms. The van der Waals surface area contributed by atoms with Gasteiger partial charge in [0.05, 0.1) is 6.10 Å². The van der Waals surface area contributed by atoms with E-state index in [1.54, 1.807) is 0 Å². The van der Waals surface area contributed by atoms with Gasteiger partial charge in [0, 0.05) is 30.9 Å². The van der Waals surface area contributed by atoms with Crippen LogP contribution >= 0.6 is 24.8 Å². The number of ether oxygens (including phenoxy) is 1. The van der Waals surface area contributed by atoms with Gasteiger partial charge in [0.15, 0.2) is 5.82 Å². The van der Waals surface area contributed by atoms with Crippen LogP contribution < -0.4 is 15.4 Å². The highest BCUT2D eigenvalue weighted by Crippen LogP contribution is 2.32. The number of piperidine rings is 1. The van der Waals surface area contributed by atoms with E-state index in [-0.39, 0.29) is 30.9 Å². The van der Waals surface area contributed by atoms with Gasteiger partial charge in [0.1, 0.15) is 11.6 Å². The second-order valence-electron chi connectivity index (χ2n) is 7.64. The van der Waals surface area contributed by atoms with E-state index in [1.807, 2.05) is 12.3 Å². The summed E-state index contributed by atoms with van der Waals surface area (Å²) in [6.45, 7) is 10.4. The zero-order valence-electron chi connectivity index (χ0n) is 17.1. The molecule has 0 radical (unpaired) electrons. The maximum absolute atomic E-state index is 6.05. The number of nitrogens with zero attached hydrogens (tertiary/aromatic N) is 3. The van der Waals surface area contributed by atoms with Gasteiger partial charge < -0.3 is 15.4 Å². The summed E-state index contributed by atoms with van der Waals surface area (Å²) in [5.74, 6) is 3.04. The number of aromatic nitrogens is 2. The second-order valence-corrected chi connectivity index (χ2v) is 7.64. The quantitative estimate of drug-likeness (QED) is 0.741. The topological polar surface area (TPSA) is 64.3 Å². The lowest BCUT2D eigenvalue weighted by molar-refractivity contribution is 0.239. The molecule has 1 fully saturated rings. The van der Waals surface area contributed by atoms with Crippen LogP contribution in [0.2, 0.25) is 0 Å². The van der Waals surface area contributed by atoms with Crippen molar-refractivity contribution in [2.45, 2.75) is 58.6 Å². The Labute approximate surface area is 180 Å². The monoisotopic (exact) mass is 426 g/mol. The molecule has 1 aliphatic rings. The molecule has 1 saturated heterocycles. The number of halogens is 2. The minimum absolute atomic E-state index is 0. The van der Waals surface area contributed by atoms with E-state index < -0.39 is 0 Å². The predicted molar refractivity (Wildman–Crippen MR) is 121 cm³/mol. The van der Waals surface area contributed by atoms with E-state index in [1.165, 1.54) is 5.56 Å². The van der Waals surface area contributed by atoms with Crippen LogP contribution in [-0.4, -0.2) is 35.2 Å². The van der Waals surface area contributed by atoms with Crippen LogP contribution in [0, 0.1) is 0 Å². The number of hydrogen-bond donors (Lipinski definition) is 1. The molecule has 5 nitrogen and oxygen atoms in total. The van der Waals surface area contributed by atoms with Crippen LogP contribution in [0.25, 0.3) is 11.4 Å². The van der Waals surface area contributed by atoms with Crippen LogP contribution in [0.15, 0.2) is 30.5 Å². The van der Waals surface area contributed by atoms with E-state index in [0.29, 0.717) is 12.0 Å². The minimum Gasteiger partial charge on any atom is -0.491 e. The molecule has 2 aromatic rings. The average Bonchev–Trinajstić information content (AvgIpc) is 2.61. The second kappa shape index (κ2) is 10.8. The Morgan fingerprint density at radius 2 is 1.75 bits per heavy atom. The molecule has 0 aliphatic carbocycles. The predicted octanol–water partition coefficient (Wildman–Crippen LogP) is 4.83. The van der Waals surface area contributed by atoms with Gasteiger partial charge in [0.25, 0.3) is 0 Å². The van der Waals surface area contributed by atoms with Gasteiger partial charge in [-0.15, -0.1) is 24.8 Å². The van der Waals surface area contributed by atoms with Gasteiger partial charge in [-0.25, -0.2) is 9.97 Å². The molecule has 1 aromatic carbocycles. The Morgan fingerprint density at radius 1 is 1.07 bits per heavy atom. The maximum atomic E-state index is 6.05. The molecule has 2 N–H and O–H groups in total. The Morgan fingerprint density at radius 3 is 2.36 bits per heavy atom. The van der Waals surface area contributed by atoms with Crippen molar-refractivity contribution in [3.05, 3.63) is 36.0 Å².